The maximum absolute atomic E-state index is 13.3. The number of nitrogens with zero attached hydrogens (tertiary/aromatic N) is 2. The van der Waals surface area contributed by atoms with Gasteiger partial charge < -0.3 is 0 Å². The first-order valence-corrected chi connectivity index (χ1v) is 11.9. The van der Waals surface area contributed by atoms with Crippen LogP contribution < -0.4 is 0 Å². The summed E-state index contributed by atoms with van der Waals surface area (Å²) in [5.41, 5.74) is 0.291. The Balaban J connectivity index is 1.76. The number of hydrogen-bond donors (Lipinski definition) is 0. The molecule has 4 nitrogen and oxygen atoms in total. The molecule has 30 heavy (non-hydrogen) atoms. The summed E-state index contributed by atoms with van der Waals surface area (Å²) in [5, 5.41) is 0. The molecular formula is C21H24BrF3N2O2S. The number of likely N-dealkylation sites (N-methyl/N-ethyl adjacent to an activating group) is 1. The van der Waals surface area contributed by atoms with Gasteiger partial charge in [-0.1, -0.05) is 41.1 Å². The molecule has 164 valence electrons. The second kappa shape index (κ2) is 8.98. The Bertz CT molecular complexity index is 1010. The Morgan fingerprint density at radius 1 is 1.17 bits per heavy atom. The van der Waals surface area contributed by atoms with Crippen molar-refractivity contribution in [3.63, 3.8) is 0 Å². The predicted molar refractivity (Wildman–Crippen MR) is 114 cm³/mol. The molecule has 1 unspecified atom stereocenters. The highest BCUT2D eigenvalue weighted by molar-refractivity contribution is 9.10. The molecule has 3 rings (SSSR count). The van der Waals surface area contributed by atoms with Crippen LogP contribution in [0.1, 0.15) is 30.0 Å². The number of likely N-dealkylation sites (tertiary alicyclic amines) is 1. The van der Waals surface area contributed by atoms with Crippen LogP contribution in [-0.2, 0) is 29.2 Å². The lowest BCUT2D eigenvalue weighted by Crippen LogP contribution is -2.39. The lowest BCUT2D eigenvalue weighted by Gasteiger charge is -2.26. The summed E-state index contributed by atoms with van der Waals surface area (Å²) in [7, 11) is -2.15. The van der Waals surface area contributed by atoms with Crippen molar-refractivity contribution in [3.05, 3.63) is 63.6 Å². The zero-order chi connectivity index (χ0) is 22.1. The molecule has 1 heterocycles. The average molecular weight is 505 g/mol. The lowest BCUT2D eigenvalue weighted by atomic mass is 10.1. The molecule has 0 amide bonds. The second-order valence-electron chi connectivity index (χ2n) is 7.46. The minimum Gasteiger partial charge on any atom is -0.297 e. The van der Waals surface area contributed by atoms with Gasteiger partial charge in [0.1, 0.15) is 0 Å². The fourth-order valence-electron chi connectivity index (χ4n) is 3.86. The van der Waals surface area contributed by atoms with Crippen molar-refractivity contribution in [2.24, 2.45) is 0 Å². The van der Waals surface area contributed by atoms with Crippen molar-refractivity contribution < 1.29 is 21.6 Å². The summed E-state index contributed by atoms with van der Waals surface area (Å²) in [5.74, 6) is 0. The van der Waals surface area contributed by atoms with Crippen LogP contribution in [0.4, 0.5) is 13.2 Å². The zero-order valence-electron chi connectivity index (χ0n) is 16.8. The van der Waals surface area contributed by atoms with Crippen molar-refractivity contribution in [1.82, 2.24) is 9.21 Å². The van der Waals surface area contributed by atoms with E-state index < -0.39 is 21.8 Å². The number of benzene rings is 2. The highest BCUT2D eigenvalue weighted by atomic mass is 79.9. The van der Waals surface area contributed by atoms with Crippen LogP contribution in [0.15, 0.2) is 51.8 Å². The SMILES string of the molecule is CCc1cc(Br)ccc1S(=O)(=O)N(C)C1CCN(Cc2ccccc2C(F)(F)F)C1. The van der Waals surface area contributed by atoms with E-state index in [1.807, 2.05) is 11.8 Å². The van der Waals surface area contributed by atoms with E-state index >= 15 is 0 Å². The summed E-state index contributed by atoms with van der Waals surface area (Å²) in [6.07, 6.45) is -3.26. The molecule has 2 aromatic carbocycles. The van der Waals surface area contributed by atoms with Gasteiger partial charge in [-0.15, -0.1) is 0 Å². The van der Waals surface area contributed by atoms with Crippen LogP contribution >= 0.6 is 15.9 Å². The zero-order valence-corrected chi connectivity index (χ0v) is 19.2. The molecule has 0 N–H and O–H groups in total. The second-order valence-corrected chi connectivity index (χ2v) is 10.3. The summed E-state index contributed by atoms with van der Waals surface area (Å²) < 4.78 is 68.4. The van der Waals surface area contributed by atoms with E-state index in [9.17, 15) is 21.6 Å². The third-order valence-corrected chi connectivity index (χ3v) is 8.04. The molecule has 2 aromatic rings. The number of halogens is 4. The molecule has 1 atom stereocenters. The Labute approximate surface area is 183 Å². The van der Waals surface area contributed by atoms with Crippen LogP contribution in [0.2, 0.25) is 0 Å². The maximum atomic E-state index is 13.3. The predicted octanol–water partition coefficient (Wildman–Crippen LogP) is 4.93. The van der Waals surface area contributed by atoms with Gasteiger partial charge in [-0.3, -0.25) is 4.90 Å². The van der Waals surface area contributed by atoms with Crippen LogP contribution in [0.25, 0.3) is 0 Å². The van der Waals surface area contributed by atoms with Gasteiger partial charge in [0.2, 0.25) is 10.0 Å². The van der Waals surface area contributed by atoms with Gasteiger partial charge in [0, 0.05) is 37.2 Å². The van der Waals surface area contributed by atoms with E-state index in [0.717, 1.165) is 16.1 Å². The third-order valence-electron chi connectivity index (χ3n) is 5.54. The molecular weight excluding hydrogens is 481 g/mol. The minimum atomic E-state index is -4.41. The van der Waals surface area contributed by atoms with E-state index in [0.29, 0.717) is 25.9 Å². The third kappa shape index (κ3) is 4.90. The van der Waals surface area contributed by atoms with E-state index in [1.54, 1.807) is 31.3 Å². The van der Waals surface area contributed by atoms with Crippen molar-refractivity contribution in [3.8, 4) is 0 Å². The normalized spacial score (nSPS) is 18.3. The topological polar surface area (TPSA) is 40.6 Å². The van der Waals surface area contributed by atoms with Gasteiger partial charge in [0.15, 0.2) is 0 Å². The van der Waals surface area contributed by atoms with Crippen LogP contribution in [0.3, 0.4) is 0 Å². The van der Waals surface area contributed by atoms with Crippen molar-refractivity contribution in [2.45, 2.75) is 43.4 Å². The first-order chi connectivity index (χ1) is 14.0. The number of sulfonamides is 1. The molecule has 0 saturated carbocycles. The summed E-state index contributed by atoms with van der Waals surface area (Å²) >= 11 is 3.37. The Morgan fingerprint density at radius 2 is 1.87 bits per heavy atom. The molecule has 1 fully saturated rings. The summed E-state index contributed by atoms with van der Waals surface area (Å²) in [4.78, 5) is 2.15. The molecule has 1 aliphatic heterocycles. The smallest absolute Gasteiger partial charge is 0.297 e. The first kappa shape index (κ1) is 23.2. The van der Waals surface area contributed by atoms with E-state index in [4.69, 9.17) is 0 Å². The maximum Gasteiger partial charge on any atom is 0.416 e. The molecule has 0 aliphatic carbocycles. The molecule has 1 aliphatic rings. The van der Waals surface area contributed by atoms with Gasteiger partial charge >= 0.3 is 6.18 Å². The first-order valence-electron chi connectivity index (χ1n) is 9.68. The highest BCUT2D eigenvalue weighted by Gasteiger charge is 2.36. The quantitative estimate of drug-likeness (QED) is 0.560. The summed E-state index contributed by atoms with van der Waals surface area (Å²) in [6, 6.07) is 10.3. The van der Waals surface area contributed by atoms with E-state index in [2.05, 4.69) is 15.9 Å². The Hall–Kier alpha value is -1.42. The van der Waals surface area contributed by atoms with Gasteiger partial charge in [0.25, 0.3) is 0 Å². The van der Waals surface area contributed by atoms with Gasteiger partial charge in [-0.25, -0.2) is 8.42 Å². The minimum absolute atomic E-state index is 0.137. The van der Waals surface area contributed by atoms with Gasteiger partial charge in [-0.05, 0) is 48.2 Å². The number of aryl methyl sites for hydroxylation is 1. The number of rotatable bonds is 6. The molecule has 9 heteroatoms. The van der Waals surface area contributed by atoms with Crippen molar-refractivity contribution in [1.29, 1.82) is 0 Å². The molecule has 0 bridgehead atoms. The highest BCUT2D eigenvalue weighted by Crippen LogP contribution is 2.33. The Kier molecular flexibility index (Phi) is 6.96. The van der Waals surface area contributed by atoms with Crippen LogP contribution in [0.5, 0.6) is 0 Å². The fraction of sp³-hybridized carbons (Fsp3) is 0.429. The van der Waals surface area contributed by atoms with Crippen LogP contribution in [0, 0.1) is 0 Å². The molecule has 0 radical (unpaired) electrons. The van der Waals surface area contributed by atoms with Crippen LogP contribution in [-0.4, -0.2) is 43.8 Å². The van der Waals surface area contributed by atoms with E-state index in [-0.39, 0.29) is 23.0 Å². The van der Waals surface area contributed by atoms with E-state index in [1.165, 1.54) is 16.4 Å². The molecule has 0 aromatic heterocycles. The summed E-state index contributed by atoms with van der Waals surface area (Å²) in [6.45, 7) is 2.96. The largest absolute Gasteiger partial charge is 0.416 e. The van der Waals surface area contributed by atoms with Gasteiger partial charge in [-0.2, -0.15) is 17.5 Å². The van der Waals surface area contributed by atoms with Gasteiger partial charge in [0.05, 0.1) is 10.5 Å². The monoisotopic (exact) mass is 504 g/mol. The standard InChI is InChI=1S/C21H24BrF3N2O2S/c1-3-15-12-17(22)8-9-20(15)30(28,29)26(2)18-10-11-27(14-18)13-16-6-4-5-7-19(16)21(23,24)25/h4-9,12,18H,3,10-11,13-14H2,1-2H3. The molecule has 0 spiro atoms. The van der Waals surface area contributed by atoms with Crippen molar-refractivity contribution >= 4 is 26.0 Å². The van der Waals surface area contributed by atoms with Crippen molar-refractivity contribution in [2.75, 3.05) is 20.1 Å². The number of hydrogen-bond acceptors (Lipinski definition) is 3. The Morgan fingerprint density at radius 3 is 2.53 bits per heavy atom. The fourth-order valence-corrected chi connectivity index (χ4v) is 5.91. The number of alkyl halides is 3. The lowest BCUT2D eigenvalue weighted by molar-refractivity contribution is -0.138. The molecule has 1 saturated heterocycles. The average Bonchev–Trinajstić information content (AvgIpc) is 3.14.